The number of rotatable bonds is 1. The van der Waals surface area contributed by atoms with Crippen molar-refractivity contribution in [2.24, 2.45) is 0 Å². The van der Waals surface area contributed by atoms with Gasteiger partial charge in [-0.25, -0.2) is 0 Å². The zero-order chi connectivity index (χ0) is 10.1. The largest absolute Gasteiger partial charge is 0.294 e. The van der Waals surface area contributed by atoms with Crippen LogP contribution in [0, 0.1) is 0 Å². The molecule has 0 saturated carbocycles. The Hall–Kier alpha value is -1.37. The summed E-state index contributed by atoms with van der Waals surface area (Å²) >= 11 is 0. The maximum absolute atomic E-state index is 11.8. The predicted octanol–water partition coefficient (Wildman–Crippen LogP) is 3.00. The fraction of sp³-hybridized carbons (Fsp3) is 0.308. The predicted molar refractivity (Wildman–Crippen MR) is 58.0 cm³/mol. The van der Waals surface area contributed by atoms with Gasteiger partial charge in [0.05, 0.1) is 0 Å². The van der Waals surface area contributed by atoms with E-state index < -0.39 is 0 Å². The number of hydrogen-bond acceptors (Lipinski definition) is 1. The first-order chi connectivity index (χ1) is 6.74. The van der Waals surface area contributed by atoms with Crippen LogP contribution >= 0.6 is 0 Å². The van der Waals surface area contributed by atoms with Gasteiger partial charge in [-0.2, -0.15) is 0 Å². The molecule has 1 heteroatoms. The molecule has 1 aromatic carbocycles. The highest BCUT2D eigenvalue weighted by Crippen LogP contribution is 2.32. The fourth-order valence-corrected chi connectivity index (χ4v) is 1.97. The number of hydrogen-bond donors (Lipinski definition) is 0. The minimum absolute atomic E-state index is 0.283. The molecule has 0 spiro atoms. The summed E-state index contributed by atoms with van der Waals surface area (Å²) in [4.78, 5) is 11.8. The van der Waals surface area contributed by atoms with Gasteiger partial charge in [-0.1, -0.05) is 36.8 Å². The summed E-state index contributed by atoms with van der Waals surface area (Å²) in [5.74, 6) is 0.283. The van der Waals surface area contributed by atoms with Crippen LogP contribution in [-0.4, -0.2) is 5.78 Å². The van der Waals surface area contributed by atoms with E-state index in [0.717, 1.165) is 17.6 Å². The maximum Gasteiger partial charge on any atom is 0.167 e. The van der Waals surface area contributed by atoms with Gasteiger partial charge < -0.3 is 0 Å². The third kappa shape index (κ3) is 1.29. The van der Waals surface area contributed by atoms with Crippen molar-refractivity contribution < 1.29 is 4.79 Å². The van der Waals surface area contributed by atoms with Gasteiger partial charge >= 0.3 is 0 Å². The molecule has 0 radical (unpaired) electrons. The summed E-state index contributed by atoms with van der Waals surface area (Å²) < 4.78 is 0. The maximum atomic E-state index is 11.8. The summed E-state index contributed by atoms with van der Waals surface area (Å²) in [7, 11) is 0. The second-order valence-corrected chi connectivity index (χ2v) is 3.77. The molecular formula is C13H14O. The first-order valence-corrected chi connectivity index (χ1v) is 5.05. The molecule has 0 aromatic heterocycles. The zero-order valence-electron chi connectivity index (χ0n) is 8.63. The number of ketones is 1. The number of carbonyl (C=O) groups is 1. The molecule has 72 valence electrons. The normalized spacial score (nSPS) is 18.3. The molecule has 0 heterocycles. The first-order valence-electron chi connectivity index (χ1n) is 5.05. The molecule has 0 fully saturated rings. The molecule has 0 saturated heterocycles. The molecule has 1 aliphatic rings. The lowest BCUT2D eigenvalue weighted by Crippen LogP contribution is -1.96. The van der Waals surface area contributed by atoms with Crippen LogP contribution in [0.5, 0.6) is 0 Å². The van der Waals surface area contributed by atoms with Crippen molar-refractivity contribution in [1.82, 2.24) is 0 Å². The molecule has 1 aromatic rings. The van der Waals surface area contributed by atoms with Crippen molar-refractivity contribution in [3.8, 4) is 0 Å². The van der Waals surface area contributed by atoms with Crippen molar-refractivity contribution in [3.63, 3.8) is 0 Å². The SMILES string of the molecule is CC/C(C)=C1/C(=O)Cc2ccccc21. The highest BCUT2D eigenvalue weighted by Gasteiger charge is 2.24. The van der Waals surface area contributed by atoms with Crippen LogP contribution in [0.2, 0.25) is 0 Å². The summed E-state index contributed by atoms with van der Waals surface area (Å²) in [6.07, 6.45) is 1.54. The number of fused-ring (bicyclic) bond motifs is 1. The Bertz CT molecular complexity index is 413. The monoisotopic (exact) mass is 186 g/mol. The molecular weight excluding hydrogens is 172 g/mol. The van der Waals surface area contributed by atoms with Gasteiger partial charge in [0.15, 0.2) is 5.78 Å². The minimum atomic E-state index is 0.283. The van der Waals surface area contributed by atoms with E-state index in [9.17, 15) is 4.79 Å². The second kappa shape index (κ2) is 3.41. The van der Waals surface area contributed by atoms with Gasteiger partial charge in [0, 0.05) is 12.0 Å². The molecule has 0 amide bonds. The van der Waals surface area contributed by atoms with Crippen molar-refractivity contribution in [1.29, 1.82) is 0 Å². The molecule has 14 heavy (non-hydrogen) atoms. The van der Waals surface area contributed by atoms with Crippen molar-refractivity contribution in [3.05, 3.63) is 41.0 Å². The van der Waals surface area contributed by atoms with E-state index in [1.807, 2.05) is 18.2 Å². The number of benzene rings is 1. The summed E-state index contributed by atoms with van der Waals surface area (Å²) in [5.41, 5.74) is 4.50. The topological polar surface area (TPSA) is 17.1 Å². The third-order valence-electron chi connectivity index (χ3n) is 2.87. The Morgan fingerprint density at radius 2 is 2.07 bits per heavy atom. The highest BCUT2D eigenvalue weighted by molar-refractivity contribution is 6.26. The minimum Gasteiger partial charge on any atom is -0.294 e. The van der Waals surface area contributed by atoms with Crippen molar-refractivity contribution in [2.75, 3.05) is 0 Å². The first kappa shape index (κ1) is 9.20. The van der Waals surface area contributed by atoms with E-state index in [2.05, 4.69) is 19.9 Å². The molecule has 0 atom stereocenters. The molecule has 1 aliphatic carbocycles. The summed E-state index contributed by atoms with van der Waals surface area (Å²) in [6, 6.07) is 8.09. The van der Waals surface area contributed by atoms with Gasteiger partial charge in [-0.3, -0.25) is 4.79 Å². The van der Waals surface area contributed by atoms with Crippen molar-refractivity contribution >= 4 is 11.4 Å². The van der Waals surface area contributed by atoms with Gasteiger partial charge in [-0.15, -0.1) is 0 Å². The van der Waals surface area contributed by atoms with Gasteiger partial charge in [0.2, 0.25) is 0 Å². The van der Waals surface area contributed by atoms with E-state index >= 15 is 0 Å². The van der Waals surface area contributed by atoms with E-state index in [1.165, 1.54) is 11.1 Å². The Kier molecular flexibility index (Phi) is 2.24. The lowest BCUT2D eigenvalue weighted by Gasteiger charge is -2.03. The number of carbonyl (C=O) groups excluding carboxylic acids is 1. The van der Waals surface area contributed by atoms with Gasteiger partial charge in [0.1, 0.15) is 0 Å². The van der Waals surface area contributed by atoms with Gasteiger partial charge in [-0.05, 0) is 24.5 Å². The van der Waals surface area contributed by atoms with E-state index in [0.29, 0.717) is 6.42 Å². The molecule has 0 unspecified atom stereocenters. The number of allylic oxidation sites excluding steroid dienone is 2. The van der Waals surface area contributed by atoms with E-state index in [4.69, 9.17) is 0 Å². The lowest BCUT2D eigenvalue weighted by atomic mass is 10.0. The fourth-order valence-electron chi connectivity index (χ4n) is 1.97. The van der Waals surface area contributed by atoms with Crippen LogP contribution in [0.4, 0.5) is 0 Å². The Morgan fingerprint density at radius 1 is 1.36 bits per heavy atom. The van der Waals surface area contributed by atoms with Crippen LogP contribution in [0.3, 0.4) is 0 Å². The van der Waals surface area contributed by atoms with Crippen LogP contribution in [0.15, 0.2) is 29.8 Å². The van der Waals surface area contributed by atoms with E-state index in [-0.39, 0.29) is 5.78 Å². The Balaban J connectivity index is 2.61. The second-order valence-electron chi connectivity index (χ2n) is 3.77. The quantitative estimate of drug-likeness (QED) is 0.616. The Morgan fingerprint density at radius 3 is 2.79 bits per heavy atom. The van der Waals surface area contributed by atoms with Crippen LogP contribution < -0.4 is 0 Å². The summed E-state index contributed by atoms with van der Waals surface area (Å²) in [6.45, 7) is 4.14. The smallest absolute Gasteiger partial charge is 0.167 e. The van der Waals surface area contributed by atoms with Crippen LogP contribution in [-0.2, 0) is 11.2 Å². The molecule has 0 aliphatic heterocycles. The van der Waals surface area contributed by atoms with Gasteiger partial charge in [0.25, 0.3) is 0 Å². The zero-order valence-corrected chi connectivity index (χ0v) is 8.63. The average Bonchev–Trinajstić information content (AvgIpc) is 2.53. The average molecular weight is 186 g/mol. The van der Waals surface area contributed by atoms with Crippen molar-refractivity contribution in [2.45, 2.75) is 26.7 Å². The molecule has 2 rings (SSSR count). The lowest BCUT2D eigenvalue weighted by molar-refractivity contribution is -0.112. The molecule has 0 N–H and O–H groups in total. The summed E-state index contributed by atoms with van der Waals surface area (Å²) in [5, 5.41) is 0. The molecule has 1 nitrogen and oxygen atoms in total. The van der Waals surface area contributed by atoms with Crippen LogP contribution in [0.25, 0.3) is 5.57 Å². The standard InChI is InChI=1S/C13H14O/c1-3-9(2)13-11-7-5-4-6-10(11)8-12(13)14/h4-7H,3,8H2,1-2H3/b13-9+. The Labute approximate surface area is 84.5 Å². The highest BCUT2D eigenvalue weighted by atomic mass is 16.1. The van der Waals surface area contributed by atoms with E-state index in [1.54, 1.807) is 0 Å². The molecule has 0 bridgehead atoms. The number of Topliss-reactive ketones (excluding diaryl/α,β-unsaturated/α-hetero) is 1. The third-order valence-corrected chi connectivity index (χ3v) is 2.87. The van der Waals surface area contributed by atoms with Crippen LogP contribution in [0.1, 0.15) is 31.4 Å².